The fourth-order valence-corrected chi connectivity index (χ4v) is 3.44. The molecule has 1 unspecified atom stereocenters. The second-order valence-corrected chi connectivity index (χ2v) is 8.72. The molecule has 1 N–H and O–H groups in total. The van der Waals surface area contributed by atoms with E-state index in [0.717, 1.165) is 19.4 Å². The van der Waals surface area contributed by atoms with Crippen molar-refractivity contribution in [3.8, 4) is 0 Å². The van der Waals surface area contributed by atoms with Crippen LogP contribution in [0, 0.1) is 0 Å². The standard InChI is InChI=1S/C17H38NO4P/c1-6-7-8-9-10-11-12-13-14-15-16-18(4,5)17(2,3)22-23(19,20)21/h6-16H2,1-5H3,(H-,19,20,21). The number of phosphoric ester groups is 1. The fraction of sp³-hybridized carbons (Fsp3) is 1.00. The lowest BCUT2D eigenvalue weighted by molar-refractivity contribution is -0.959. The third-order valence-corrected chi connectivity index (χ3v) is 5.54. The molecule has 0 aromatic carbocycles. The van der Waals surface area contributed by atoms with Gasteiger partial charge in [-0.3, -0.25) is 9.09 Å². The molecule has 140 valence electrons. The quantitative estimate of drug-likeness (QED) is 0.220. The first-order chi connectivity index (χ1) is 10.5. The van der Waals surface area contributed by atoms with Crippen LogP contribution in [0.5, 0.6) is 0 Å². The molecule has 0 fully saturated rings. The molecule has 0 spiro atoms. The number of unbranched alkanes of at least 4 members (excludes halogenated alkanes) is 9. The van der Waals surface area contributed by atoms with Gasteiger partial charge in [0, 0.05) is 13.8 Å². The molecule has 0 aliphatic heterocycles. The van der Waals surface area contributed by atoms with Crippen molar-refractivity contribution in [3.05, 3.63) is 0 Å². The first-order valence-corrected chi connectivity index (χ1v) is 10.6. The first-order valence-electron chi connectivity index (χ1n) is 9.09. The monoisotopic (exact) mass is 351 g/mol. The molecular formula is C17H38NO4P. The third kappa shape index (κ3) is 11.3. The maximum Gasteiger partial charge on any atom is 0.270 e. The highest BCUT2D eigenvalue weighted by molar-refractivity contribution is 7.44. The molecule has 0 heterocycles. The van der Waals surface area contributed by atoms with Crippen LogP contribution in [-0.2, 0) is 9.09 Å². The van der Waals surface area contributed by atoms with Gasteiger partial charge in [0.05, 0.1) is 20.6 Å². The van der Waals surface area contributed by atoms with Crippen LogP contribution in [0.1, 0.15) is 85.0 Å². The normalized spacial score (nSPS) is 15.6. The molecule has 5 nitrogen and oxygen atoms in total. The summed E-state index contributed by atoms with van der Waals surface area (Å²) >= 11 is 0. The van der Waals surface area contributed by atoms with Crippen molar-refractivity contribution in [1.82, 2.24) is 0 Å². The van der Waals surface area contributed by atoms with E-state index in [9.17, 15) is 9.46 Å². The number of hydrogen-bond donors (Lipinski definition) is 1. The summed E-state index contributed by atoms with van der Waals surface area (Å²) in [6.07, 6.45) is 12.7. The molecule has 1 atom stereocenters. The zero-order valence-corrected chi connectivity index (χ0v) is 16.7. The third-order valence-electron chi connectivity index (χ3n) is 4.87. The molecule has 0 aromatic heterocycles. The zero-order chi connectivity index (χ0) is 18.0. The maximum absolute atomic E-state index is 11.0. The van der Waals surface area contributed by atoms with Crippen molar-refractivity contribution in [3.63, 3.8) is 0 Å². The van der Waals surface area contributed by atoms with Crippen molar-refractivity contribution in [2.45, 2.75) is 90.7 Å². The van der Waals surface area contributed by atoms with Crippen LogP contribution in [-0.4, -0.2) is 35.7 Å². The van der Waals surface area contributed by atoms with Gasteiger partial charge < -0.3 is 14.3 Å². The summed E-state index contributed by atoms with van der Waals surface area (Å²) in [7, 11) is -0.847. The van der Waals surface area contributed by atoms with Gasteiger partial charge in [-0.2, -0.15) is 0 Å². The molecule has 0 aliphatic rings. The average Bonchev–Trinajstić information content (AvgIpc) is 2.38. The van der Waals surface area contributed by atoms with E-state index in [1.165, 1.54) is 51.4 Å². The molecule has 0 bridgehead atoms. The summed E-state index contributed by atoms with van der Waals surface area (Å²) < 4.78 is 16.2. The molecule has 0 radical (unpaired) electrons. The lowest BCUT2D eigenvalue weighted by Crippen LogP contribution is -2.57. The van der Waals surface area contributed by atoms with E-state index in [-0.39, 0.29) is 0 Å². The van der Waals surface area contributed by atoms with Gasteiger partial charge in [-0.25, -0.2) is 0 Å². The number of nitrogens with zero attached hydrogens (tertiary/aromatic N) is 1. The second-order valence-electron chi connectivity index (χ2n) is 7.60. The number of quaternary nitrogens is 1. The van der Waals surface area contributed by atoms with Gasteiger partial charge in [0.1, 0.15) is 0 Å². The van der Waals surface area contributed by atoms with Crippen molar-refractivity contribution < 1.29 is 23.4 Å². The molecule has 0 aliphatic carbocycles. The minimum atomic E-state index is -4.72. The largest absolute Gasteiger partial charge is 0.756 e. The summed E-state index contributed by atoms with van der Waals surface area (Å²) in [4.78, 5) is 19.9. The van der Waals surface area contributed by atoms with Gasteiger partial charge in [-0.15, -0.1) is 0 Å². The van der Waals surface area contributed by atoms with Crippen LogP contribution < -0.4 is 4.89 Å². The Kier molecular flexibility index (Phi) is 10.9. The van der Waals surface area contributed by atoms with Crippen molar-refractivity contribution in [1.29, 1.82) is 0 Å². The molecule has 0 saturated carbocycles. The van der Waals surface area contributed by atoms with Crippen LogP contribution >= 0.6 is 7.82 Å². The minimum Gasteiger partial charge on any atom is -0.756 e. The first kappa shape index (κ1) is 23.1. The van der Waals surface area contributed by atoms with Gasteiger partial charge in [0.15, 0.2) is 0 Å². The van der Waals surface area contributed by atoms with Crippen LogP contribution in [0.15, 0.2) is 0 Å². The van der Waals surface area contributed by atoms with Gasteiger partial charge in [0.2, 0.25) is 5.72 Å². The van der Waals surface area contributed by atoms with E-state index < -0.39 is 13.5 Å². The fourth-order valence-electron chi connectivity index (χ4n) is 2.66. The summed E-state index contributed by atoms with van der Waals surface area (Å²) in [5.41, 5.74) is -0.967. The summed E-state index contributed by atoms with van der Waals surface area (Å²) in [6, 6.07) is 0. The van der Waals surface area contributed by atoms with Gasteiger partial charge >= 0.3 is 0 Å². The Bertz CT molecular complexity index is 353. The zero-order valence-electron chi connectivity index (χ0n) is 15.8. The molecule has 23 heavy (non-hydrogen) atoms. The second kappa shape index (κ2) is 10.8. The smallest absolute Gasteiger partial charge is 0.270 e. The van der Waals surface area contributed by atoms with E-state index in [2.05, 4.69) is 6.92 Å². The lowest BCUT2D eigenvalue weighted by Gasteiger charge is -2.45. The maximum atomic E-state index is 11.0. The Balaban J connectivity index is 3.83. The molecule has 0 aromatic rings. The van der Waals surface area contributed by atoms with E-state index in [1.807, 2.05) is 14.1 Å². The Morgan fingerprint density at radius 1 is 0.957 bits per heavy atom. The van der Waals surface area contributed by atoms with Crippen LogP contribution in [0.3, 0.4) is 0 Å². The summed E-state index contributed by atoms with van der Waals surface area (Å²) in [5, 5.41) is 0. The average molecular weight is 351 g/mol. The van der Waals surface area contributed by atoms with Crippen molar-refractivity contribution >= 4 is 7.82 Å². The molecule has 0 amide bonds. The Morgan fingerprint density at radius 2 is 1.35 bits per heavy atom. The minimum absolute atomic E-state index is 0.400. The molecular weight excluding hydrogens is 313 g/mol. The van der Waals surface area contributed by atoms with E-state index in [1.54, 1.807) is 13.8 Å². The SMILES string of the molecule is CCCCCCCCCCCC[N+](C)(C)C(C)(C)OP(=O)([O-])O. The summed E-state index contributed by atoms with van der Waals surface area (Å²) in [6.45, 7) is 6.46. The number of rotatable bonds is 14. The Hall–Kier alpha value is 0.0700. The number of phosphoric acid groups is 1. The van der Waals surface area contributed by atoms with Crippen molar-refractivity contribution in [2.24, 2.45) is 0 Å². The lowest BCUT2D eigenvalue weighted by atomic mass is 10.1. The van der Waals surface area contributed by atoms with E-state index >= 15 is 0 Å². The van der Waals surface area contributed by atoms with Crippen molar-refractivity contribution in [2.75, 3.05) is 20.6 Å². The highest BCUT2D eigenvalue weighted by Gasteiger charge is 2.39. The van der Waals surface area contributed by atoms with Crippen LogP contribution in [0.25, 0.3) is 0 Å². The van der Waals surface area contributed by atoms with E-state index in [0.29, 0.717) is 4.48 Å². The predicted molar refractivity (Wildman–Crippen MR) is 93.8 cm³/mol. The number of hydrogen-bond acceptors (Lipinski definition) is 3. The van der Waals surface area contributed by atoms with E-state index in [4.69, 9.17) is 9.42 Å². The summed E-state index contributed by atoms with van der Waals surface area (Å²) in [5.74, 6) is 0. The topological polar surface area (TPSA) is 69.6 Å². The Labute approximate surface area is 143 Å². The highest BCUT2D eigenvalue weighted by Crippen LogP contribution is 2.40. The molecule has 0 saturated heterocycles. The van der Waals surface area contributed by atoms with Crippen LogP contribution in [0.4, 0.5) is 0 Å². The van der Waals surface area contributed by atoms with Gasteiger partial charge in [-0.05, 0) is 12.8 Å². The Morgan fingerprint density at radius 3 is 1.74 bits per heavy atom. The van der Waals surface area contributed by atoms with Gasteiger partial charge in [0.25, 0.3) is 7.82 Å². The van der Waals surface area contributed by atoms with Crippen LogP contribution in [0.2, 0.25) is 0 Å². The molecule has 0 rings (SSSR count). The predicted octanol–water partition coefficient (Wildman–Crippen LogP) is 4.20. The van der Waals surface area contributed by atoms with Gasteiger partial charge in [-0.1, -0.05) is 58.3 Å². The molecule has 6 heteroatoms. The highest BCUT2D eigenvalue weighted by atomic mass is 31.2.